The van der Waals surface area contributed by atoms with Gasteiger partial charge in [0.2, 0.25) is 4.77 Å². The molecule has 1 saturated heterocycles. The highest BCUT2D eigenvalue weighted by atomic mass is 32.1. The van der Waals surface area contributed by atoms with Gasteiger partial charge in [-0.05, 0) is 25.6 Å². The molecule has 1 aromatic rings. The summed E-state index contributed by atoms with van der Waals surface area (Å²) in [7, 11) is 0. The van der Waals surface area contributed by atoms with Gasteiger partial charge in [-0.1, -0.05) is 0 Å². The van der Waals surface area contributed by atoms with Crippen molar-refractivity contribution < 1.29 is 4.74 Å². The van der Waals surface area contributed by atoms with E-state index in [4.69, 9.17) is 17.0 Å². The molecule has 2 N–H and O–H groups in total. The number of aromatic amines is 2. The largest absolute Gasteiger partial charge is 0.378 e. The second kappa shape index (κ2) is 2.99. The molecule has 2 unspecified atom stereocenters. The zero-order valence-electron chi connectivity index (χ0n) is 6.83. The monoisotopic (exact) mass is 185 g/mol. The molecule has 12 heavy (non-hydrogen) atoms. The Bertz CT molecular complexity index is 318. The first kappa shape index (κ1) is 7.94. The molecule has 0 radical (unpaired) electrons. The van der Waals surface area contributed by atoms with Gasteiger partial charge in [0.15, 0.2) is 0 Å². The van der Waals surface area contributed by atoms with Crippen LogP contribution in [0.5, 0.6) is 0 Å². The van der Waals surface area contributed by atoms with Gasteiger partial charge in [0, 0.05) is 5.92 Å². The van der Waals surface area contributed by atoms with Crippen LogP contribution in [0.15, 0.2) is 0 Å². The van der Waals surface area contributed by atoms with Gasteiger partial charge in [0.1, 0.15) is 5.82 Å². The van der Waals surface area contributed by atoms with E-state index in [-0.39, 0.29) is 0 Å². The van der Waals surface area contributed by atoms with E-state index in [9.17, 15) is 0 Å². The van der Waals surface area contributed by atoms with Crippen molar-refractivity contribution in [2.24, 2.45) is 0 Å². The number of rotatable bonds is 1. The van der Waals surface area contributed by atoms with Crippen molar-refractivity contribution in [2.75, 3.05) is 6.61 Å². The van der Waals surface area contributed by atoms with E-state index >= 15 is 0 Å². The molecule has 1 aromatic heterocycles. The fraction of sp³-hybridized carbons (Fsp3) is 0.714. The van der Waals surface area contributed by atoms with E-state index in [0.29, 0.717) is 16.8 Å². The molecule has 0 bridgehead atoms. The Balaban J connectivity index is 2.16. The van der Waals surface area contributed by atoms with E-state index in [0.717, 1.165) is 18.9 Å². The normalized spacial score (nSPS) is 29.4. The van der Waals surface area contributed by atoms with Crippen molar-refractivity contribution in [3.63, 3.8) is 0 Å². The first-order valence-corrected chi connectivity index (χ1v) is 4.42. The Kier molecular flexibility index (Phi) is 1.98. The summed E-state index contributed by atoms with van der Waals surface area (Å²) in [5.74, 6) is 1.30. The first-order chi connectivity index (χ1) is 5.75. The number of nitrogens with zero attached hydrogens (tertiary/aromatic N) is 1. The first-order valence-electron chi connectivity index (χ1n) is 4.02. The zero-order valence-corrected chi connectivity index (χ0v) is 7.65. The summed E-state index contributed by atoms with van der Waals surface area (Å²) >= 11 is 4.86. The minimum Gasteiger partial charge on any atom is -0.378 e. The van der Waals surface area contributed by atoms with Crippen molar-refractivity contribution in [2.45, 2.75) is 25.4 Å². The number of H-pyrrole nitrogens is 2. The topological polar surface area (TPSA) is 53.7 Å². The van der Waals surface area contributed by atoms with E-state index < -0.39 is 0 Å². The predicted molar refractivity (Wildman–Crippen MR) is 46.5 cm³/mol. The number of hydrogen-bond donors (Lipinski definition) is 2. The second-order valence-corrected chi connectivity index (χ2v) is 3.52. The molecule has 0 saturated carbocycles. The van der Waals surface area contributed by atoms with Crippen LogP contribution in [-0.4, -0.2) is 27.9 Å². The molecule has 0 aliphatic carbocycles. The van der Waals surface area contributed by atoms with Gasteiger partial charge in [-0.2, -0.15) is 0 Å². The summed E-state index contributed by atoms with van der Waals surface area (Å²) in [6.45, 7) is 2.82. The number of aromatic nitrogens is 3. The molecule has 2 heterocycles. The van der Waals surface area contributed by atoms with E-state index in [2.05, 4.69) is 22.1 Å². The average molecular weight is 185 g/mol. The van der Waals surface area contributed by atoms with Crippen molar-refractivity contribution >= 4 is 12.2 Å². The Hall–Kier alpha value is -0.680. The summed E-state index contributed by atoms with van der Waals surface area (Å²) in [6.07, 6.45) is 1.37. The summed E-state index contributed by atoms with van der Waals surface area (Å²) < 4.78 is 5.94. The molecule has 0 amide bonds. The Morgan fingerprint density at radius 3 is 2.92 bits per heavy atom. The van der Waals surface area contributed by atoms with Crippen molar-refractivity contribution in [3.8, 4) is 0 Å². The number of nitrogens with one attached hydrogen (secondary N) is 2. The molecule has 2 rings (SSSR count). The highest BCUT2D eigenvalue weighted by Gasteiger charge is 2.25. The summed E-state index contributed by atoms with van der Waals surface area (Å²) in [4.78, 5) is 4.15. The highest BCUT2D eigenvalue weighted by Crippen LogP contribution is 2.26. The van der Waals surface area contributed by atoms with Crippen molar-refractivity contribution in [3.05, 3.63) is 10.6 Å². The highest BCUT2D eigenvalue weighted by molar-refractivity contribution is 7.71. The standard InChI is InChI=1S/C7H11N3OS/c1-4-2-5(3-11-4)6-8-7(12)10-9-6/h4-5H,2-3H2,1H3,(H2,8,9,10,12). The van der Waals surface area contributed by atoms with Gasteiger partial charge >= 0.3 is 0 Å². The summed E-state index contributed by atoms with van der Waals surface area (Å²) in [6, 6.07) is 0. The minimum absolute atomic E-state index is 0.341. The van der Waals surface area contributed by atoms with Gasteiger partial charge in [0.05, 0.1) is 12.7 Å². The smallest absolute Gasteiger partial charge is 0.213 e. The lowest BCUT2D eigenvalue weighted by atomic mass is 10.1. The molecule has 1 aliphatic rings. The van der Waals surface area contributed by atoms with Crippen LogP contribution in [0.2, 0.25) is 0 Å². The molecule has 0 aromatic carbocycles. The van der Waals surface area contributed by atoms with E-state index in [1.807, 2.05) is 0 Å². The average Bonchev–Trinajstić information content (AvgIpc) is 2.58. The third-order valence-corrected chi connectivity index (χ3v) is 2.30. The second-order valence-electron chi connectivity index (χ2n) is 3.13. The fourth-order valence-corrected chi connectivity index (χ4v) is 1.63. The predicted octanol–water partition coefficient (Wildman–Crippen LogP) is 1.36. The van der Waals surface area contributed by atoms with Crippen LogP contribution in [0.4, 0.5) is 0 Å². The van der Waals surface area contributed by atoms with E-state index in [1.165, 1.54) is 0 Å². The van der Waals surface area contributed by atoms with Crippen LogP contribution in [0, 0.1) is 4.77 Å². The lowest BCUT2D eigenvalue weighted by molar-refractivity contribution is 0.123. The van der Waals surface area contributed by atoms with Gasteiger partial charge in [-0.25, -0.2) is 4.98 Å². The SMILES string of the molecule is CC1CC(c2nc(=S)[nH][nH]2)CO1. The maximum Gasteiger partial charge on any atom is 0.213 e. The van der Waals surface area contributed by atoms with Gasteiger partial charge in [0.25, 0.3) is 0 Å². The van der Waals surface area contributed by atoms with Crippen LogP contribution in [-0.2, 0) is 4.74 Å². The fourth-order valence-electron chi connectivity index (χ4n) is 1.48. The molecule has 5 heteroatoms. The maximum absolute atomic E-state index is 5.42. The van der Waals surface area contributed by atoms with Crippen LogP contribution in [0.25, 0.3) is 0 Å². The molecular formula is C7H11N3OS. The van der Waals surface area contributed by atoms with Crippen molar-refractivity contribution in [1.29, 1.82) is 0 Å². The molecule has 0 spiro atoms. The third kappa shape index (κ3) is 1.42. The number of ether oxygens (including phenoxy) is 1. The van der Waals surface area contributed by atoms with E-state index in [1.54, 1.807) is 0 Å². The molecule has 1 aliphatic heterocycles. The molecular weight excluding hydrogens is 174 g/mol. The molecule has 1 fully saturated rings. The van der Waals surface area contributed by atoms with Gasteiger partial charge in [-0.3, -0.25) is 10.2 Å². The van der Waals surface area contributed by atoms with Crippen LogP contribution >= 0.6 is 12.2 Å². The third-order valence-electron chi connectivity index (χ3n) is 2.10. The Morgan fingerprint density at radius 1 is 1.58 bits per heavy atom. The zero-order chi connectivity index (χ0) is 8.55. The maximum atomic E-state index is 5.42. The van der Waals surface area contributed by atoms with Crippen molar-refractivity contribution in [1.82, 2.24) is 15.2 Å². The van der Waals surface area contributed by atoms with Gasteiger partial charge in [-0.15, -0.1) is 0 Å². The van der Waals surface area contributed by atoms with Crippen LogP contribution in [0.3, 0.4) is 0 Å². The quantitative estimate of drug-likeness (QED) is 0.649. The summed E-state index contributed by atoms with van der Waals surface area (Å²) in [5, 5.41) is 5.73. The molecule has 2 atom stereocenters. The van der Waals surface area contributed by atoms with Crippen LogP contribution < -0.4 is 0 Å². The van der Waals surface area contributed by atoms with Gasteiger partial charge < -0.3 is 4.74 Å². The lowest BCUT2D eigenvalue weighted by Crippen LogP contribution is -2.00. The summed E-state index contributed by atoms with van der Waals surface area (Å²) in [5.41, 5.74) is 0. The Labute approximate surface area is 75.3 Å². The molecule has 4 nitrogen and oxygen atoms in total. The molecule has 66 valence electrons. The Morgan fingerprint density at radius 2 is 2.42 bits per heavy atom. The number of hydrogen-bond acceptors (Lipinski definition) is 3. The minimum atomic E-state index is 0.341. The van der Waals surface area contributed by atoms with Crippen LogP contribution in [0.1, 0.15) is 25.1 Å². The lowest BCUT2D eigenvalue weighted by Gasteiger charge is -2.00.